The number of ketones is 2. The van der Waals surface area contributed by atoms with Crippen molar-refractivity contribution in [2.24, 2.45) is 0 Å². The molecule has 0 radical (unpaired) electrons. The molecule has 7 N–H and O–H groups in total. The van der Waals surface area contributed by atoms with Crippen molar-refractivity contribution in [2.45, 2.75) is 163 Å². The maximum Gasteiger partial charge on any atom is 0.315 e. The van der Waals surface area contributed by atoms with Gasteiger partial charge in [0, 0.05) is 86.6 Å². The number of hydrogen-bond acceptors (Lipinski definition) is 11. The lowest BCUT2D eigenvalue weighted by atomic mass is 10.0. The second-order valence-electron chi connectivity index (χ2n) is 20.6. The van der Waals surface area contributed by atoms with Crippen LogP contribution in [-0.2, 0) is 40.1 Å². The number of nitrogens with zero attached hydrogens (tertiary/aromatic N) is 2. The van der Waals surface area contributed by atoms with Gasteiger partial charge in [-0.1, -0.05) is 80.3 Å². The summed E-state index contributed by atoms with van der Waals surface area (Å²) in [5.74, 6) is 0.409. The van der Waals surface area contributed by atoms with Gasteiger partial charge in [0.25, 0.3) is 0 Å². The van der Waals surface area contributed by atoms with Crippen molar-refractivity contribution < 1.29 is 43.2 Å². The smallest absolute Gasteiger partial charge is 0.315 e. The molecule has 0 aromatic heterocycles. The molecule has 6 atom stereocenters. The van der Waals surface area contributed by atoms with Crippen molar-refractivity contribution in [1.82, 2.24) is 42.1 Å². The molecule has 5 heterocycles. The average Bonchev–Trinajstić information content (AvgIpc) is 4.18. The Morgan fingerprint density at radius 2 is 1.03 bits per heavy atom. The van der Waals surface area contributed by atoms with Gasteiger partial charge in [0.05, 0.1) is 49.5 Å². The fourth-order valence-corrected chi connectivity index (χ4v) is 13.6. The van der Waals surface area contributed by atoms with Crippen LogP contribution in [0, 0.1) is 0 Å². The number of Topliss-reactive ketones (excluding diaryl/α,β-unsaturated/α-hetero) is 2. The maximum absolute atomic E-state index is 13.7. The molecule has 6 unspecified atom stereocenters. The molecule has 4 fully saturated rings. The van der Waals surface area contributed by atoms with Crippen LogP contribution in [0.2, 0.25) is 0 Å². The summed E-state index contributed by atoms with van der Waals surface area (Å²) in [5, 5.41) is 21.3. The Morgan fingerprint density at radius 1 is 0.526 bits per heavy atom. The van der Waals surface area contributed by atoms with Gasteiger partial charge in [-0.05, 0) is 74.1 Å². The summed E-state index contributed by atoms with van der Waals surface area (Å²) in [7, 11) is 0. The molecular formula is C56H77N9O9S2. The highest BCUT2D eigenvalue weighted by atomic mass is 32.2. The molecule has 412 valence electrons. The number of unbranched alkanes of at least 4 members (excludes halogenated alkanes) is 6. The number of thioether (sulfide) groups is 2. The first-order chi connectivity index (χ1) is 36.9. The van der Waals surface area contributed by atoms with E-state index >= 15 is 0 Å². The number of carbonyl (C=O) groups is 9. The summed E-state index contributed by atoms with van der Waals surface area (Å²) >= 11 is 3.73. The van der Waals surface area contributed by atoms with E-state index in [2.05, 4.69) is 37.2 Å². The number of benzene rings is 2. The lowest BCUT2D eigenvalue weighted by Crippen LogP contribution is -2.41. The Kier molecular flexibility index (Phi) is 22.9. The van der Waals surface area contributed by atoms with Gasteiger partial charge in [-0.25, -0.2) is 9.59 Å². The topological polar surface area (TPSA) is 244 Å². The van der Waals surface area contributed by atoms with Gasteiger partial charge in [0.1, 0.15) is 0 Å². The molecule has 76 heavy (non-hydrogen) atoms. The van der Waals surface area contributed by atoms with Gasteiger partial charge in [0.15, 0.2) is 11.6 Å². The van der Waals surface area contributed by atoms with E-state index in [9.17, 15) is 43.2 Å². The Bertz CT molecular complexity index is 2320. The minimum Gasteiger partial charge on any atom is -0.356 e. The van der Waals surface area contributed by atoms with Gasteiger partial charge >= 0.3 is 12.1 Å². The van der Waals surface area contributed by atoms with E-state index in [1.807, 2.05) is 84.2 Å². The van der Waals surface area contributed by atoms with Crippen molar-refractivity contribution in [1.29, 1.82) is 0 Å². The first-order valence-electron chi connectivity index (χ1n) is 27.5. The minimum atomic E-state index is -0.436. The standard InChI is InChI=1S/C56H77N9O9S2/c66-41(18-3-1-13-30-57-48(68)23-11-9-21-46-53-43(36-75-46)60-55(73)62-53)34-64(35-42(67)19-4-2-14-31-58-49(69)24-12-10-22-47-54-44(37-76-47)61-56(74)63-54)51(71)29-32-59-50(70)27-28-52(72)65-33-40-17-6-5-15-38(40)25-26-39-16-7-8-20-45(39)65/h5-8,15-17,20,25-26,43-44,46-47,53-54H,1-4,9-14,18-19,21-24,27-37H2,(H,57,68)(H,58,69)(H,59,70)(H2,60,62,73)(H2,61,63,74)/b26-25-. The largest absolute Gasteiger partial charge is 0.356 e. The Balaban J connectivity index is 0.788. The van der Waals surface area contributed by atoms with E-state index in [0.29, 0.717) is 81.5 Å². The Hall–Kier alpha value is -5.89. The van der Waals surface area contributed by atoms with Crippen LogP contribution in [0.15, 0.2) is 48.5 Å². The van der Waals surface area contributed by atoms with Crippen molar-refractivity contribution in [2.75, 3.05) is 49.1 Å². The predicted molar refractivity (Wildman–Crippen MR) is 297 cm³/mol. The van der Waals surface area contributed by atoms with Crippen LogP contribution >= 0.6 is 23.5 Å². The van der Waals surface area contributed by atoms with Crippen molar-refractivity contribution in [3.8, 4) is 0 Å². The quantitative estimate of drug-likeness (QED) is 0.0343. The zero-order valence-electron chi connectivity index (χ0n) is 43.7. The van der Waals surface area contributed by atoms with Crippen LogP contribution in [0.5, 0.6) is 0 Å². The van der Waals surface area contributed by atoms with Crippen LogP contribution in [0.25, 0.3) is 12.2 Å². The number of hydrogen-bond donors (Lipinski definition) is 7. The average molecular weight is 1080 g/mol. The van der Waals surface area contributed by atoms with E-state index in [0.717, 1.165) is 72.4 Å². The molecule has 2 aromatic rings. The lowest BCUT2D eigenvalue weighted by Gasteiger charge is -2.27. The molecule has 0 aliphatic carbocycles. The molecule has 20 heteroatoms. The number of urea groups is 2. The second kappa shape index (κ2) is 30.2. The summed E-state index contributed by atoms with van der Waals surface area (Å²) in [6, 6.07) is 16.0. The van der Waals surface area contributed by atoms with E-state index < -0.39 is 5.91 Å². The number of anilines is 1. The highest BCUT2D eigenvalue weighted by Gasteiger charge is 2.43. The van der Waals surface area contributed by atoms with Gasteiger partial charge in [0.2, 0.25) is 29.5 Å². The second-order valence-corrected chi connectivity index (χ2v) is 23.1. The summed E-state index contributed by atoms with van der Waals surface area (Å²) in [6.45, 7) is 0.861. The van der Waals surface area contributed by atoms with Crippen molar-refractivity contribution >= 4 is 94.5 Å². The Labute approximate surface area is 455 Å². The molecule has 0 saturated carbocycles. The highest BCUT2D eigenvalue weighted by molar-refractivity contribution is 8.00. The molecule has 5 aliphatic heterocycles. The van der Waals surface area contributed by atoms with Crippen LogP contribution in [0.1, 0.15) is 139 Å². The number of fused-ring (bicyclic) bond motifs is 4. The molecule has 5 aliphatic rings. The number of nitrogens with one attached hydrogen (secondary N) is 7. The highest BCUT2D eigenvalue weighted by Crippen LogP contribution is 2.35. The minimum absolute atomic E-state index is 0.00645. The molecule has 18 nitrogen and oxygen atoms in total. The Morgan fingerprint density at radius 3 is 1.62 bits per heavy atom. The normalized spacial score (nSPS) is 21.2. The van der Waals surface area contributed by atoms with Crippen molar-refractivity contribution in [3.05, 3.63) is 65.2 Å². The van der Waals surface area contributed by atoms with Crippen LogP contribution in [0.4, 0.5) is 15.3 Å². The number of para-hydroxylation sites is 1. The first-order valence-corrected chi connectivity index (χ1v) is 29.6. The zero-order chi connectivity index (χ0) is 53.7. The van der Waals surface area contributed by atoms with E-state index in [4.69, 9.17) is 0 Å². The molecule has 0 spiro atoms. The summed E-state index contributed by atoms with van der Waals surface area (Å²) in [6.07, 6.45) is 14.2. The number of rotatable bonds is 32. The van der Waals surface area contributed by atoms with Crippen molar-refractivity contribution in [3.63, 3.8) is 0 Å². The molecule has 2 aromatic carbocycles. The third-order valence-corrected chi connectivity index (χ3v) is 17.8. The SMILES string of the molecule is O=C(CCCCCNC(=O)CCCCC1SCC2NC(=O)NC21)CN(CC(=O)CCCCCNC(=O)CCCCC1SCC2NC(=O)NC21)C(=O)CCNC(=O)CCC(=O)N1Cc2ccccc2/C=C\c2ccccc21. The number of amides is 9. The summed E-state index contributed by atoms with van der Waals surface area (Å²) in [4.78, 5) is 118. The summed E-state index contributed by atoms with van der Waals surface area (Å²) < 4.78 is 0. The third kappa shape index (κ3) is 18.1. The fourth-order valence-electron chi connectivity index (χ4n) is 10.5. The van der Waals surface area contributed by atoms with Gasteiger partial charge in [-0.3, -0.25) is 33.6 Å². The lowest BCUT2D eigenvalue weighted by molar-refractivity contribution is -0.138. The van der Waals surface area contributed by atoms with Gasteiger partial charge < -0.3 is 47.0 Å². The van der Waals surface area contributed by atoms with E-state index in [1.165, 1.54) is 4.90 Å². The van der Waals surface area contributed by atoms with Gasteiger partial charge in [-0.15, -0.1) is 0 Å². The van der Waals surface area contributed by atoms with Gasteiger partial charge in [-0.2, -0.15) is 23.5 Å². The van der Waals surface area contributed by atoms with Crippen LogP contribution < -0.4 is 42.1 Å². The monoisotopic (exact) mass is 1080 g/mol. The van der Waals surface area contributed by atoms with E-state index in [-0.39, 0.29) is 123 Å². The molecule has 7 rings (SSSR count). The molecule has 9 amide bonds. The van der Waals surface area contributed by atoms with Crippen LogP contribution in [-0.4, -0.2) is 137 Å². The molecule has 4 saturated heterocycles. The zero-order valence-corrected chi connectivity index (χ0v) is 45.3. The fraction of sp³-hybridized carbons (Fsp3) is 0.589. The predicted octanol–water partition coefficient (Wildman–Crippen LogP) is 5.76. The van der Waals surface area contributed by atoms with E-state index in [1.54, 1.807) is 4.90 Å². The third-order valence-electron chi connectivity index (χ3n) is 14.7. The maximum atomic E-state index is 13.7. The number of carbonyl (C=O) groups excluding carboxylic acids is 9. The summed E-state index contributed by atoms with van der Waals surface area (Å²) in [5.41, 5.74) is 3.65. The first kappa shape index (κ1) is 57.8. The van der Waals surface area contributed by atoms with Crippen LogP contribution in [0.3, 0.4) is 0 Å². The molecule has 0 bridgehead atoms. The molecular weight excluding hydrogens is 1010 g/mol.